The molecule has 0 unspecified atom stereocenters. The number of rotatable bonds is 7. The van der Waals surface area contributed by atoms with Gasteiger partial charge in [0.2, 0.25) is 0 Å². The molecule has 7 aromatic carbocycles. The normalized spacial score (nSPS) is 15.3. The maximum atomic E-state index is 2.52. The third-order valence-electron chi connectivity index (χ3n) is 15.0. The van der Waals surface area contributed by atoms with E-state index >= 15 is 0 Å². The SMILES string of the molecule is CC(C)(C)c1ccc(C2(c3ccc(C(C)(C)C)cc3)c3ccccc3-c3ccc(N(c4ccc(-c5cc(C(C)(C)C)cc(C(C)(C)C)c5)cc4)c4ccc(C5CCCCC5)cc4)cc32)cc1. The average molecular weight is 868 g/mol. The predicted molar refractivity (Wildman–Crippen MR) is 284 cm³/mol. The zero-order chi connectivity index (χ0) is 46.8. The van der Waals surface area contributed by atoms with Gasteiger partial charge in [0.25, 0.3) is 0 Å². The van der Waals surface area contributed by atoms with Gasteiger partial charge >= 0.3 is 0 Å². The summed E-state index contributed by atoms with van der Waals surface area (Å²) >= 11 is 0. The summed E-state index contributed by atoms with van der Waals surface area (Å²) in [5, 5.41) is 0. The zero-order valence-corrected chi connectivity index (χ0v) is 42.1. The summed E-state index contributed by atoms with van der Waals surface area (Å²) in [6.45, 7) is 27.8. The molecule has 0 atom stereocenters. The Kier molecular flexibility index (Phi) is 11.6. The third-order valence-corrected chi connectivity index (χ3v) is 15.0. The van der Waals surface area contributed by atoms with Crippen LogP contribution in [-0.2, 0) is 27.1 Å². The topological polar surface area (TPSA) is 3.24 Å². The van der Waals surface area contributed by atoms with Crippen molar-refractivity contribution in [3.05, 3.63) is 208 Å². The first-order chi connectivity index (χ1) is 31.2. The highest BCUT2D eigenvalue weighted by Gasteiger charge is 2.46. The van der Waals surface area contributed by atoms with E-state index in [0.717, 1.165) is 11.4 Å². The second-order valence-corrected chi connectivity index (χ2v) is 23.8. The Balaban J connectivity index is 1.24. The minimum Gasteiger partial charge on any atom is -0.310 e. The zero-order valence-electron chi connectivity index (χ0n) is 42.1. The highest BCUT2D eigenvalue weighted by Crippen LogP contribution is 2.57. The van der Waals surface area contributed by atoms with Crippen molar-refractivity contribution in [3.8, 4) is 22.3 Å². The van der Waals surface area contributed by atoms with Crippen LogP contribution in [0.4, 0.5) is 17.1 Å². The first-order valence-corrected chi connectivity index (χ1v) is 24.9. The van der Waals surface area contributed by atoms with Gasteiger partial charge in [-0.1, -0.05) is 224 Å². The molecule has 1 saturated carbocycles. The van der Waals surface area contributed by atoms with E-state index in [2.05, 4.69) is 246 Å². The molecule has 1 fully saturated rings. The fourth-order valence-corrected chi connectivity index (χ4v) is 10.9. The average Bonchev–Trinajstić information content (AvgIpc) is 3.59. The minimum atomic E-state index is -0.530. The molecule has 338 valence electrons. The standard InChI is InChI=1S/C65H73N/c1-61(2,3)48-26-30-50(31-27-48)65(51-32-28-49(29-33-51)62(4,5)6)59-21-17-16-20-57(59)58-39-38-56(43-60(58)65)66(54-34-22-45(23-35-54)44-18-14-13-15-19-44)55-36-24-46(25-37-55)47-40-52(63(7,8)9)42-53(41-47)64(10,11)12/h16-17,20-44H,13-15,18-19H2,1-12H3. The highest BCUT2D eigenvalue weighted by atomic mass is 15.1. The van der Waals surface area contributed by atoms with Crippen LogP contribution in [0.25, 0.3) is 22.3 Å². The van der Waals surface area contributed by atoms with Crippen LogP contribution in [0, 0.1) is 0 Å². The molecule has 1 heteroatoms. The highest BCUT2D eigenvalue weighted by molar-refractivity contribution is 5.90. The molecule has 1 nitrogen and oxygen atoms in total. The molecular weight excluding hydrogens is 795 g/mol. The lowest BCUT2D eigenvalue weighted by molar-refractivity contribution is 0.443. The second-order valence-electron chi connectivity index (χ2n) is 23.8. The molecule has 7 aromatic rings. The van der Waals surface area contributed by atoms with Crippen molar-refractivity contribution < 1.29 is 0 Å². The predicted octanol–water partition coefficient (Wildman–Crippen LogP) is 18.4. The van der Waals surface area contributed by atoms with E-state index in [1.54, 1.807) is 0 Å². The second kappa shape index (κ2) is 16.9. The van der Waals surface area contributed by atoms with E-state index in [-0.39, 0.29) is 21.7 Å². The van der Waals surface area contributed by atoms with Crippen molar-refractivity contribution in [3.63, 3.8) is 0 Å². The number of nitrogens with zero attached hydrogens (tertiary/aromatic N) is 1. The van der Waals surface area contributed by atoms with Crippen LogP contribution in [0.5, 0.6) is 0 Å². The fourth-order valence-electron chi connectivity index (χ4n) is 10.9. The summed E-state index contributed by atoms with van der Waals surface area (Å²) in [4.78, 5) is 2.50. The first kappa shape index (κ1) is 45.5. The van der Waals surface area contributed by atoms with Crippen LogP contribution in [0.3, 0.4) is 0 Å². The van der Waals surface area contributed by atoms with Crippen LogP contribution >= 0.6 is 0 Å². The fraction of sp³-hybridized carbons (Fsp3) is 0.354. The van der Waals surface area contributed by atoms with Crippen molar-refractivity contribution >= 4 is 17.1 Å². The lowest BCUT2D eigenvalue weighted by atomic mass is 9.67. The van der Waals surface area contributed by atoms with Crippen LogP contribution in [0.15, 0.2) is 158 Å². The molecule has 2 aliphatic carbocycles. The lowest BCUT2D eigenvalue weighted by Crippen LogP contribution is -2.29. The van der Waals surface area contributed by atoms with Gasteiger partial charge in [-0.05, 0) is 149 Å². The van der Waals surface area contributed by atoms with Crippen LogP contribution < -0.4 is 4.90 Å². The molecule has 66 heavy (non-hydrogen) atoms. The summed E-state index contributed by atoms with van der Waals surface area (Å²) in [5.74, 6) is 0.649. The first-order valence-electron chi connectivity index (χ1n) is 24.9. The van der Waals surface area contributed by atoms with Gasteiger partial charge < -0.3 is 4.90 Å². The Hall–Kier alpha value is -5.66. The molecule has 0 amide bonds. The van der Waals surface area contributed by atoms with Gasteiger partial charge in [0.15, 0.2) is 0 Å². The van der Waals surface area contributed by atoms with Crippen LogP contribution in [-0.4, -0.2) is 0 Å². The summed E-state index contributed by atoms with van der Waals surface area (Å²) in [6.07, 6.45) is 6.61. The minimum absolute atomic E-state index is 0.0439. The lowest BCUT2D eigenvalue weighted by Gasteiger charge is -2.36. The molecule has 0 saturated heterocycles. The number of benzene rings is 7. The molecule has 0 N–H and O–H groups in total. The Morgan fingerprint density at radius 2 is 0.833 bits per heavy atom. The quantitative estimate of drug-likeness (QED) is 0.154. The van der Waals surface area contributed by atoms with E-state index in [0.29, 0.717) is 5.92 Å². The summed E-state index contributed by atoms with van der Waals surface area (Å²) in [6, 6.07) is 61.8. The van der Waals surface area contributed by atoms with E-state index in [1.165, 1.54) is 110 Å². The van der Waals surface area contributed by atoms with Crippen LogP contribution in [0.2, 0.25) is 0 Å². The van der Waals surface area contributed by atoms with Crippen LogP contribution in [0.1, 0.15) is 171 Å². The van der Waals surface area contributed by atoms with Gasteiger partial charge in [-0.2, -0.15) is 0 Å². The smallest absolute Gasteiger partial charge is 0.0714 e. The molecule has 0 heterocycles. The Morgan fingerprint density at radius 3 is 1.33 bits per heavy atom. The number of hydrogen-bond donors (Lipinski definition) is 0. The van der Waals surface area contributed by atoms with Gasteiger partial charge in [-0.25, -0.2) is 0 Å². The third kappa shape index (κ3) is 8.49. The number of anilines is 3. The van der Waals surface area contributed by atoms with Gasteiger partial charge in [0.1, 0.15) is 0 Å². The molecule has 9 rings (SSSR count). The maximum Gasteiger partial charge on any atom is 0.0714 e. The monoisotopic (exact) mass is 868 g/mol. The Labute approximate surface area is 398 Å². The summed E-state index contributed by atoms with van der Waals surface area (Å²) in [5.41, 5.74) is 20.4. The van der Waals surface area contributed by atoms with Gasteiger partial charge in [0.05, 0.1) is 5.41 Å². The van der Waals surface area contributed by atoms with Gasteiger partial charge in [-0.3, -0.25) is 0 Å². The van der Waals surface area contributed by atoms with Gasteiger partial charge in [-0.15, -0.1) is 0 Å². The van der Waals surface area contributed by atoms with Crippen molar-refractivity contribution in [2.24, 2.45) is 0 Å². The Bertz CT molecular complexity index is 2730. The number of fused-ring (bicyclic) bond motifs is 3. The van der Waals surface area contributed by atoms with E-state index < -0.39 is 5.41 Å². The van der Waals surface area contributed by atoms with Crippen molar-refractivity contribution in [1.29, 1.82) is 0 Å². The Morgan fingerprint density at radius 1 is 0.379 bits per heavy atom. The maximum absolute atomic E-state index is 2.52. The molecule has 0 bridgehead atoms. The molecule has 0 radical (unpaired) electrons. The van der Waals surface area contributed by atoms with Crippen molar-refractivity contribution in [2.45, 2.75) is 148 Å². The van der Waals surface area contributed by atoms with E-state index in [4.69, 9.17) is 0 Å². The summed E-state index contributed by atoms with van der Waals surface area (Å²) < 4.78 is 0. The molecule has 0 aromatic heterocycles. The van der Waals surface area contributed by atoms with E-state index in [1.807, 2.05) is 0 Å². The van der Waals surface area contributed by atoms with Crippen molar-refractivity contribution in [2.75, 3.05) is 4.90 Å². The molecule has 2 aliphatic rings. The molecular formula is C65H73N. The van der Waals surface area contributed by atoms with Gasteiger partial charge in [0, 0.05) is 17.1 Å². The molecule has 0 spiro atoms. The molecule has 0 aliphatic heterocycles. The largest absolute Gasteiger partial charge is 0.310 e. The van der Waals surface area contributed by atoms with Crippen molar-refractivity contribution in [1.82, 2.24) is 0 Å². The number of hydrogen-bond acceptors (Lipinski definition) is 1. The summed E-state index contributed by atoms with van der Waals surface area (Å²) in [7, 11) is 0. The van der Waals surface area contributed by atoms with E-state index in [9.17, 15) is 0 Å².